The smallest absolute Gasteiger partial charge is 0.307 e. The van der Waals surface area contributed by atoms with E-state index in [1.165, 1.54) is 14.2 Å². The van der Waals surface area contributed by atoms with Crippen LogP contribution in [0.1, 0.15) is 5.56 Å². The Balaban J connectivity index is 2.38. The second-order valence-corrected chi connectivity index (χ2v) is 4.66. The van der Waals surface area contributed by atoms with Crippen molar-refractivity contribution in [1.82, 2.24) is 0 Å². The molecule has 122 valence electrons. The van der Waals surface area contributed by atoms with E-state index in [1.807, 2.05) is 0 Å². The Bertz CT molecular complexity index is 678. The summed E-state index contributed by atoms with van der Waals surface area (Å²) in [5, 5.41) is 9.07. The lowest BCUT2D eigenvalue weighted by atomic mass is 10.1. The number of aliphatic carboxylic acids is 1. The first-order chi connectivity index (χ1) is 11.1. The molecule has 0 aromatic heterocycles. The molecule has 2 rings (SSSR count). The summed E-state index contributed by atoms with van der Waals surface area (Å²) in [6, 6.07) is 10.2. The van der Waals surface area contributed by atoms with Crippen molar-refractivity contribution in [2.24, 2.45) is 0 Å². The summed E-state index contributed by atoms with van der Waals surface area (Å²) in [5.41, 5.74) is 0.492. The van der Waals surface area contributed by atoms with Crippen LogP contribution in [0.5, 0.6) is 28.7 Å². The third-order valence-corrected chi connectivity index (χ3v) is 3.20. The molecule has 6 nitrogen and oxygen atoms in total. The second kappa shape index (κ2) is 7.40. The molecular weight excluding hydrogens is 300 g/mol. The van der Waals surface area contributed by atoms with E-state index in [-0.39, 0.29) is 6.42 Å². The lowest BCUT2D eigenvalue weighted by molar-refractivity contribution is -0.136. The molecule has 0 atom stereocenters. The zero-order chi connectivity index (χ0) is 16.8. The third-order valence-electron chi connectivity index (χ3n) is 3.20. The molecule has 0 saturated carbocycles. The summed E-state index contributed by atoms with van der Waals surface area (Å²) in [5.74, 6) is 1.61. The van der Waals surface area contributed by atoms with Gasteiger partial charge in [0.25, 0.3) is 0 Å². The van der Waals surface area contributed by atoms with E-state index >= 15 is 0 Å². The fourth-order valence-corrected chi connectivity index (χ4v) is 2.07. The van der Waals surface area contributed by atoms with Gasteiger partial charge in [0, 0.05) is 11.6 Å². The summed E-state index contributed by atoms with van der Waals surface area (Å²) < 4.78 is 21.3. The van der Waals surface area contributed by atoms with Crippen LogP contribution < -0.4 is 18.9 Å². The number of carboxylic acid groups (broad SMARTS) is 1. The van der Waals surface area contributed by atoms with Gasteiger partial charge < -0.3 is 24.1 Å². The SMILES string of the molecule is COc1ccc(Oc2cc(OC)c(OC)cc2CC(=O)O)cc1. The van der Waals surface area contributed by atoms with Crippen molar-refractivity contribution in [3.8, 4) is 28.7 Å². The average Bonchev–Trinajstić information content (AvgIpc) is 2.56. The molecule has 0 amide bonds. The predicted octanol–water partition coefficient (Wildman–Crippen LogP) is 3.13. The van der Waals surface area contributed by atoms with Crippen LogP contribution in [-0.2, 0) is 11.2 Å². The molecule has 0 spiro atoms. The Morgan fingerprint density at radius 3 is 1.96 bits per heavy atom. The first kappa shape index (κ1) is 16.5. The highest BCUT2D eigenvalue weighted by Crippen LogP contribution is 2.37. The van der Waals surface area contributed by atoms with Gasteiger partial charge >= 0.3 is 5.97 Å². The van der Waals surface area contributed by atoms with Gasteiger partial charge in [0.1, 0.15) is 17.2 Å². The molecule has 1 N–H and O–H groups in total. The quantitative estimate of drug-likeness (QED) is 0.845. The molecule has 0 fully saturated rings. The van der Waals surface area contributed by atoms with Crippen molar-refractivity contribution in [3.05, 3.63) is 42.0 Å². The maximum atomic E-state index is 11.1. The van der Waals surface area contributed by atoms with Gasteiger partial charge in [-0.1, -0.05) is 0 Å². The van der Waals surface area contributed by atoms with Gasteiger partial charge in [-0.05, 0) is 30.3 Å². The van der Waals surface area contributed by atoms with Gasteiger partial charge in [0.05, 0.1) is 27.8 Å². The molecule has 0 aliphatic rings. The largest absolute Gasteiger partial charge is 0.497 e. The molecule has 23 heavy (non-hydrogen) atoms. The summed E-state index contributed by atoms with van der Waals surface area (Å²) in [6.07, 6.45) is -0.189. The molecular formula is C17H18O6. The van der Waals surface area contributed by atoms with E-state index in [1.54, 1.807) is 43.5 Å². The monoisotopic (exact) mass is 318 g/mol. The fraction of sp³-hybridized carbons (Fsp3) is 0.235. The van der Waals surface area contributed by atoms with Crippen LogP contribution >= 0.6 is 0 Å². The van der Waals surface area contributed by atoms with Crippen molar-refractivity contribution in [2.45, 2.75) is 6.42 Å². The van der Waals surface area contributed by atoms with Crippen LogP contribution in [0.15, 0.2) is 36.4 Å². The minimum Gasteiger partial charge on any atom is -0.497 e. The summed E-state index contributed by atoms with van der Waals surface area (Å²) in [7, 11) is 4.58. The van der Waals surface area contributed by atoms with Gasteiger partial charge in [0.15, 0.2) is 11.5 Å². The number of rotatable bonds is 7. The number of hydrogen-bond acceptors (Lipinski definition) is 5. The standard InChI is InChI=1S/C17H18O6/c1-20-12-4-6-13(7-5-12)23-14-10-16(22-3)15(21-2)8-11(14)9-17(18)19/h4-8,10H,9H2,1-3H3,(H,18,19). The summed E-state index contributed by atoms with van der Waals surface area (Å²) in [6.45, 7) is 0. The number of hydrogen-bond donors (Lipinski definition) is 1. The van der Waals surface area contributed by atoms with Crippen LogP contribution in [0.3, 0.4) is 0 Å². The van der Waals surface area contributed by atoms with Crippen LogP contribution in [0, 0.1) is 0 Å². The van der Waals surface area contributed by atoms with E-state index in [9.17, 15) is 4.79 Å². The first-order valence-corrected chi connectivity index (χ1v) is 6.86. The van der Waals surface area contributed by atoms with Crippen LogP contribution in [0.2, 0.25) is 0 Å². The maximum absolute atomic E-state index is 11.1. The topological polar surface area (TPSA) is 74.2 Å². The molecule has 0 heterocycles. The van der Waals surface area contributed by atoms with E-state index in [4.69, 9.17) is 24.1 Å². The highest BCUT2D eigenvalue weighted by atomic mass is 16.5. The Hall–Kier alpha value is -2.89. The molecule has 2 aromatic carbocycles. The van der Waals surface area contributed by atoms with E-state index in [2.05, 4.69) is 0 Å². The highest BCUT2D eigenvalue weighted by molar-refractivity contribution is 5.72. The van der Waals surface area contributed by atoms with Crippen molar-refractivity contribution in [1.29, 1.82) is 0 Å². The normalized spacial score (nSPS) is 10.0. The number of benzene rings is 2. The average molecular weight is 318 g/mol. The number of carbonyl (C=O) groups is 1. The van der Waals surface area contributed by atoms with Gasteiger partial charge in [0.2, 0.25) is 0 Å². The van der Waals surface area contributed by atoms with Crippen LogP contribution in [-0.4, -0.2) is 32.4 Å². The molecule has 2 aromatic rings. The van der Waals surface area contributed by atoms with Gasteiger partial charge in [-0.3, -0.25) is 4.79 Å². The van der Waals surface area contributed by atoms with Crippen molar-refractivity contribution < 1.29 is 28.8 Å². The number of methoxy groups -OCH3 is 3. The van der Waals surface area contributed by atoms with Gasteiger partial charge in [-0.2, -0.15) is 0 Å². The maximum Gasteiger partial charge on any atom is 0.307 e. The highest BCUT2D eigenvalue weighted by Gasteiger charge is 2.15. The molecule has 0 unspecified atom stereocenters. The van der Waals surface area contributed by atoms with Crippen LogP contribution in [0.4, 0.5) is 0 Å². The van der Waals surface area contributed by atoms with Crippen molar-refractivity contribution in [3.63, 3.8) is 0 Å². The molecule has 0 saturated heterocycles. The predicted molar refractivity (Wildman–Crippen MR) is 84.0 cm³/mol. The van der Waals surface area contributed by atoms with Gasteiger partial charge in [-0.25, -0.2) is 0 Å². The zero-order valence-electron chi connectivity index (χ0n) is 13.2. The Morgan fingerprint density at radius 2 is 1.43 bits per heavy atom. The van der Waals surface area contributed by atoms with E-state index in [0.29, 0.717) is 34.3 Å². The number of ether oxygens (including phenoxy) is 4. The van der Waals surface area contributed by atoms with Crippen molar-refractivity contribution >= 4 is 5.97 Å². The lowest BCUT2D eigenvalue weighted by Gasteiger charge is -2.15. The lowest BCUT2D eigenvalue weighted by Crippen LogP contribution is -2.03. The molecule has 0 radical (unpaired) electrons. The number of carboxylic acids is 1. The van der Waals surface area contributed by atoms with E-state index < -0.39 is 5.97 Å². The third kappa shape index (κ3) is 4.06. The Labute approximate surface area is 134 Å². The molecule has 0 aliphatic carbocycles. The first-order valence-electron chi connectivity index (χ1n) is 6.86. The molecule has 0 bridgehead atoms. The minimum absolute atomic E-state index is 0.189. The zero-order valence-corrected chi connectivity index (χ0v) is 13.2. The van der Waals surface area contributed by atoms with Crippen LogP contribution in [0.25, 0.3) is 0 Å². The fourth-order valence-electron chi connectivity index (χ4n) is 2.07. The Morgan fingerprint density at radius 1 is 0.870 bits per heavy atom. The van der Waals surface area contributed by atoms with Gasteiger partial charge in [-0.15, -0.1) is 0 Å². The molecule has 0 aliphatic heterocycles. The summed E-state index contributed by atoms with van der Waals surface area (Å²) >= 11 is 0. The summed E-state index contributed by atoms with van der Waals surface area (Å²) in [4.78, 5) is 11.1. The van der Waals surface area contributed by atoms with Crippen molar-refractivity contribution in [2.75, 3.05) is 21.3 Å². The van der Waals surface area contributed by atoms with E-state index in [0.717, 1.165) is 0 Å². The Kier molecular flexibility index (Phi) is 5.30. The second-order valence-electron chi connectivity index (χ2n) is 4.66. The molecule has 6 heteroatoms. The minimum atomic E-state index is -0.961.